The molecule has 0 unspecified atom stereocenters. The second-order valence-corrected chi connectivity index (χ2v) is 4.71. The van der Waals surface area contributed by atoms with Crippen molar-refractivity contribution in [3.05, 3.63) is 35.9 Å². The lowest BCUT2D eigenvalue weighted by Crippen LogP contribution is -2.34. The van der Waals surface area contributed by atoms with Crippen LogP contribution in [-0.4, -0.2) is 36.7 Å². The van der Waals surface area contributed by atoms with Gasteiger partial charge in [0.25, 0.3) is 5.91 Å². The molecular weight excluding hydrogens is 240 g/mol. The van der Waals surface area contributed by atoms with Crippen molar-refractivity contribution in [1.82, 2.24) is 4.90 Å². The lowest BCUT2D eigenvalue weighted by molar-refractivity contribution is -0.136. The number of amides is 1. The van der Waals surface area contributed by atoms with Gasteiger partial charge in [-0.25, -0.2) is 0 Å². The van der Waals surface area contributed by atoms with Gasteiger partial charge in [0.2, 0.25) is 0 Å². The minimum Gasteiger partial charge on any atom is -0.386 e. The van der Waals surface area contributed by atoms with Gasteiger partial charge in [0, 0.05) is 13.1 Å². The summed E-state index contributed by atoms with van der Waals surface area (Å²) in [7, 11) is 0. The molecule has 2 rings (SSSR count). The molecule has 1 aliphatic heterocycles. The van der Waals surface area contributed by atoms with Crippen LogP contribution in [0.4, 0.5) is 0 Å². The Morgan fingerprint density at radius 3 is 2.53 bits per heavy atom. The quantitative estimate of drug-likeness (QED) is 0.616. The van der Waals surface area contributed by atoms with Gasteiger partial charge in [-0.15, -0.1) is 0 Å². The Bertz CT molecular complexity index is 409. The van der Waals surface area contributed by atoms with E-state index in [9.17, 15) is 4.79 Å². The van der Waals surface area contributed by atoms with Gasteiger partial charge < -0.3 is 9.74 Å². The first-order valence-electron chi connectivity index (χ1n) is 6.84. The van der Waals surface area contributed by atoms with Gasteiger partial charge in [-0.05, 0) is 18.4 Å². The van der Waals surface area contributed by atoms with Crippen LogP contribution in [0.25, 0.3) is 0 Å². The highest BCUT2D eigenvalue weighted by Crippen LogP contribution is 2.09. The van der Waals surface area contributed by atoms with E-state index in [1.165, 1.54) is 12.8 Å². The molecule has 1 saturated heterocycles. The maximum Gasteiger partial charge on any atom is 0.263 e. The maximum absolute atomic E-state index is 11.9. The number of carbonyl (C=O) groups excluding carboxylic acids is 1. The molecular formula is C15H20N2O2. The van der Waals surface area contributed by atoms with Crippen LogP contribution in [0.2, 0.25) is 0 Å². The van der Waals surface area contributed by atoms with Crippen LogP contribution < -0.4 is 0 Å². The molecule has 0 saturated carbocycles. The van der Waals surface area contributed by atoms with E-state index in [-0.39, 0.29) is 12.5 Å². The third kappa shape index (κ3) is 4.73. The minimum atomic E-state index is 0.0311. The van der Waals surface area contributed by atoms with Crippen LogP contribution in [0.5, 0.6) is 0 Å². The first-order valence-corrected chi connectivity index (χ1v) is 6.84. The van der Waals surface area contributed by atoms with Gasteiger partial charge in [-0.3, -0.25) is 4.79 Å². The first-order chi connectivity index (χ1) is 9.36. The highest BCUT2D eigenvalue weighted by molar-refractivity contribution is 5.79. The van der Waals surface area contributed by atoms with Gasteiger partial charge >= 0.3 is 0 Å². The van der Waals surface area contributed by atoms with E-state index in [2.05, 4.69) is 5.16 Å². The molecule has 0 aliphatic carbocycles. The van der Waals surface area contributed by atoms with Crippen molar-refractivity contribution in [1.29, 1.82) is 0 Å². The third-order valence-corrected chi connectivity index (χ3v) is 3.22. The lowest BCUT2D eigenvalue weighted by Gasteiger charge is -2.19. The summed E-state index contributed by atoms with van der Waals surface area (Å²) in [6.45, 7) is 1.73. The monoisotopic (exact) mass is 260 g/mol. The van der Waals surface area contributed by atoms with Crippen LogP contribution in [0, 0.1) is 0 Å². The van der Waals surface area contributed by atoms with E-state index >= 15 is 0 Å². The Balaban J connectivity index is 1.72. The Hall–Kier alpha value is -1.84. The van der Waals surface area contributed by atoms with Crippen molar-refractivity contribution in [2.24, 2.45) is 5.16 Å². The van der Waals surface area contributed by atoms with Crippen molar-refractivity contribution in [3.63, 3.8) is 0 Å². The van der Waals surface area contributed by atoms with Gasteiger partial charge in [0.1, 0.15) is 0 Å². The number of carbonyl (C=O) groups is 1. The predicted octanol–water partition coefficient (Wildman–Crippen LogP) is 2.44. The minimum absolute atomic E-state index is 0.0311. The number of oxime groups is 1. The van der Waals surface area contributed by atoms with E-state index in [4.69, 9.17) is 4.84 Å². The molecule has 4 heteroatoms. The molecule has 0 atom stereocenters. The largest absolute Gasteiger partial charge is 0.386 e. The average molecular weight is 260 g/mol. The van der Waals surface area contributed by atoms with Crippen LogP contribution in [-0.2, 0) is 9.63 Å². The van der Waals surface area contributed by atoms with Crippen LogP contribution in [0.1, 0.15) is 31.2 Å². The second-order valence-electron chi connectivity index (χ2n) is 4.71. The zero-order chi connectivity index (χ0) is 13.3. The molecule has 0 radical (unpaired) electrons. The van der Waals surface area contributed by atoms with E-state index in [0.29, 0.717) is 0 Å². The van der Waals surface area contributed by atoms with Crippen LogP contribution in [0.3, 0.4) is 0 Å². The summed E-state index contributed by atoms with van der Waals surface area (Å²) in [6, 6.07) is 9.68. The molecule has 19 heavy (non-hydrogen) atoms. The van der Waals surface area contributed by atoms with Crippen molar-refractivity contribution < 1.29 is 9.63 Å². The Kier molecular flexibility index (Phi) is 5.41. The Labute approximate surface area is 114 Å². The summed E-state index contributed by atoms with van der Waals surface area (Å²) in [5, 5.41) is 3.83. The van der Waals surface area contributed by atoms with E-state index < -0.39 is 0 Å². The molecule has 1 amide bonds. The Morgan fingerprint density at radius 2 is 1.84 bits per heavy atom. The second kappa shape index (κ2) is 7.56. The van der Waals surface area contributed by atoms with Gasteiger partial charge in [0.15, 0.2) is 6.61 Å². The standard InChI is InChI=1S/C15H20N2O2/c18-15(17-10-6-1-2-7-11-17)13-19-16-12-14-8-4-3-5-9-14/h3-5,8-9,12H,1-2,6-7,10-11,13H2/b16-12+. The van der Waals surface area contributed by atoms with Crippen molar-refractivity contribution in [2.45, 2.75) is 25.7 Å². The fraction of sp³-hybridized carbons (Fsp3) is 0.467. The molecule has 4 nitrogen and oxygen atoms in total. The van der Waals surface area contributed by atoms with Crippen LogP contribution in [0.15, 0.2) is 35.5 Å². The summed E-state index contributed by atoms with van der Waals surface area (Å²) in [5.41, 5.74) is 0.963. The van der Waals surface area contributed by atoms with E-state index in [1.807, 2.05) is 35.2 Å². The normalized spacial score (nSPS) is 16.3. The zero-order valence-electron chi connectivity index (χ0n) is 11.1. The fourth-order valence-corrected chi connectivity index (χ4v) is 2.14. The number of benzene rings is 1. The highest BCUT2D eigenvalue weighted by atomic mass is 16.6. The topological polar surface area (TPSA) is 41.9 Å². The number of rotatable bonds is 4. The van der Waals surface area contributed by atoms with Crippen molar-refractivity contribution in [2.75, 3.05) is 19.7 Å². The van der Waals surface area contributed by atoms with E-state index in [0.717, 1.165) is 31.5 Å². The first kappa shape index (κ1) is 13.6. The molecule has 1 aliphatic rings. The lowest BCUT2D eigenvalue weighted by atomic mass is 10.2. The molecule has 1 aromatic carbocycles. The zero-order valence-corrected chi connectivity index (χ0v) is 11.1. The average Bonchev–Trinajstić information content (AvgIpc) is 2.73. The number of hydrogen-bond donors (Lipinski definition) is 0. The summed E-state index contributed by atoms with van der Waals surface area (Å²) < 4.78 is 0. The SMILES string of the molecule is O=C(CO/N=C/c1ccccc1)N1CCCCCC1. The molecule has 0 spiro atoms. The summed E-state index contributed by atoms with van der Waals surface area (Å²) in [4.78, 5) is 18.8. The highest BCUT2D eigenvalue weighted by Gasteiger charge is 2.15. The molecule has 0 bridgehead atoms. The molecule has 1 aromatic rings. The molecule has 1 fully saturated rings. The molecule has 0 aromatic heterocycles. The van der Waals surface area contributed by atoms with E-state index in [1.54, 1.807) is 6.21 Å². The predicted molar refractivity (Wildman–Crippen MR) is 75.0 cm³/mol. The smallest absolute Gasteiger partial charge is 0.263 e. The third-order valence-electron chi connectivity index (χ3n) is 3.22. The maximum atomic E-state index is 11.9. The van der Waals surface area contributed by atoms with Crippen molar-refractivity contribution >= 4 is 12.1 Å². The van der Waals surface area contributed by atoms with Gasteiger partial charge in [-0.1, -0.05) is 48.3 Å². The number of nitrogens with zero attached hydrogens (tertiary/aromatic N) is 2. The van der Waals surface area contributed by atoms with Gasteiger partial charge in [-0.2, -0.15) is 0 Å². The summed E-state index contributed by atoms with van der Waals surface area (Å²) >= 11 is 0. The summed E-state index contributed by atoms with van der Waals surface area (Å²) in [6.07, 6.45) is 6.25. The number of likely N-dealkylation sites (tertiary alicyclic amines) is 1. The summed E-state index contributed by atoms with van der Waals surface area (Å²) in [5.74, 6) is 0.0344. The molecule has 102 valence electrons. The van der Waals surface area contributed by atoms with Crippen LogP contribution >= 0.6 is 0 Å². The Morgan fingerprint density at radius 1 is 1.16 bits per heavy atom. The number of hydrogen-bond acceptors (Lipinski definition) is 3. The van der Waals surface area contributed by atoms with Crippen molar-refractivity contribution in [3.8, 4) is 0 Å². The molecule has 1 heterocycles. The van der Waals surface area contributed by atoms with Gasteiger partial charge in [0.05, 0.1) is 6.21 Å². The molecule has 0 N–H and O–H groups in total. The fourth-order valence-electron chi connectivity index (χ4n) is 2.14.